The Morgan fingerprint density at radius 3 is 1.95 bits per heavy atom. The van der Waals surface area contributed by atoms with Crippen LogP contribution in [0.3, 0.4) is 0 Å². The lowest BCUT2D eigenvalue weighted by Gasteiger charge is -2.47. The maximum atomic E-state index is 12.5. The van der Waals surface area contributed by atoms with Gasteiger partial charge in [-0.15, -0.1) is 5.10 Å². The van der Waals surface area contributed by atoms with Crippen LogP contribution in [0.4, 0.5) is 0 Å². The van der Waals surface area contributed by atoms with Crippen LogP contribution in [0, 0.1) is 0 Å². The minimum Gasteiger partial charge on any atom is -0.389 e. The fourth-order valence-corrected chi connectivity index (χ4v) is 7.65. The number of nitrogens with one attached hydrogen (secondary N) is 2. The first-order valence-electron chi connectivity index (χ1n) is 18.6. The van der Waals surface area contributed by atoms with Gasteiger partial charge in [-0.2, -0.15) is 0 Å². The number of hydrogen-bond donors (Lipinski definition) is 14. The van der Waals surface area contributed by atoms with Crippen LogP contribution in [0.25, 0.3) is 0 Å². The first-order valence-corrected chi connectivity index (χ1v) is 18.6. The van der Waals surface area contributed by atoms with Gasteiger partial charge in [0.1, 0.15) is 72.8 Å². The van der Waals surface area contributed by atoms with E-state index in [1.807, 2.05) is 0 Å². The van der Waals surface area contributed by atoms with Gasteiger partial charge in [0.2, 0.25) is 5.91 Å². The maximum Gasteiger partial charge on any atom is 0.237 e. The normalized spacial score (nSPS) is 46.5. The highest BCUT2D eigenvalue weighted by molar-refractivity contribution is 5.81. The molecule has 5 fully saturated rings. The molecular weight excluding hydrogens is 734 g/mol. The molecule has 1 aliphatic carbocycles. The average Bonchev–Trinajstić information content (AvgIpc) is 3.93. The van der Waals surface area contributed by atoms with Crippen LogP contribution in [-0.2, 0) is 46.3 Å². The standard InChI is InChI=1S/C31H57N11O13/c32-5-14-20(44)22(46)17(36)29(50-14)53-25-12(35)4-11(34)19(43)27(25)55-31-24(48)26(54-30-18(37)23(47)21(45)15(6-33)51-30)16(52-31)9-42-8-10(40-41-42)7-39-28(49)13-2-1-3-38-13/h8,11-27,29-31,38,43-48H,1-7,9,32-37H2,(H,39,49)/t11-,12+,13+,14-,15+,16-,17-,18-,19+,20-,21-,22-,23-,24-,25-,26-,27-,29-,30-,31+/m1/s1. The van der Waals surface area contributed by atoms with E-state index in [1.54, 1.807) is 6.20 Å². The van der Waals surface area contributed by atoms with Gasteiger partial charge < -0.3 is 104 Å². The first kappa shape index (κ1) is 42.5. The summed E-state index contributed by atoms with van der Waals surface area (Å²) < 4.78 is 37.6. The molecule has 20 atom stereocenters. The predicted molar refractivity (Wildman–Crippen MR) is 184 cm³/mol. The molecule has 314 valence electrons. The molecule has 20 N–H and O–H groups in total. The number of amides is 1. The molecule has 0 aromatic carbocycles. The molecule has 0 unspecified atom stereocenters. The van der Waals surface area contributed by atoms with Crippen LogP contribution in [0.15, 0.2) is 6.20 Å². The Kier molecular flexibility index (Phi) is 14.0. The SMILES string of the molecule is NC[C@@H]1O[C@H](O[C@H]2[C@@H](O)[C@H](O[C@@H]3[C@@H](O)[C@H](N)C[C@H](N)[C@H]3O[C@H]3O[C@H](CN)[C@@H](O)[C@H](O)[C@H]3N)O[C@@H]2Cn2cc(CNC(=O)[C@@H]3CCCN3)nn2)[C@H](N)[C@@H](O)[C@@H]1O. The second kappa shape index (κ2) is 18.2. The smallest absolute Gasteiger partial charge is 0.237 e. The molecule has 5 heterocycles. The van der Waals surface area contributed by atoms with E-state index < -0.39 is 116 Å². The van der Waals surface area contributed by atoms with Gasteiger partial charge in [-0.3, -0.25) is 4.79 Å². The molecule has 5 aliphatic rings. The summed E-state index contributed by atoms with van der Waals surface area (Å²) in [6.07, 6.45) is -16.9. The van der Waals surface area contributed by atoms with Crippen molar-refractivity contribution in [1.82, 2.24) is 25.6 Å². The first-order chi connectivity index (χ1) is 26.2. The number of rotatable bonds is 13. The van der Waals surface area contributed by atoms with Crippen LogP contribution >= 0.6 is 0 Å². The van der Waals surface area contributed by atoms with Crippen molar-refractivity contribution in [3.63, 3.8) is 0 Å². The number of carbonyl (C=O) groups is 1. The number of nitrogens with zero attached hydrogens (tertiary/aromatic N) is 3. The van der Waals surface area contributed by atoms with Crippen molar-refractivity contribution < 1.29 is 63.9 Å². The maximum absolute atomic E-state index is 12.5. The van der Waals surface area contributed by atoms with Crippen molar-refractivity contribution in [3.8, 4) is 0 Å². The van der Waals surface area contributed by atoms with Gasteiger partial charge in [0.05, 0.1) is 43.5 Å². The molecule has 1 aromatic rings. The molecule has 24 nitrogen and oxygen atoms in total. The minimum atomic E-state index is -1.63. The zero-order valence-electron chi connectivity index (χ0n) is 30.1. The van der Waals surface area contributed by atoms with Crippen LogP contribution < -0.4 is 45.0 Å². The van der Waals surface area contributed by atoms with Crippen LogP contribution in [0.1, 0.15) is 25.0 Å². The zero-order valence-corrected chi connectivity index (χ0v) is 30.1. The Hall–Kier alpha value is -2.15. The number of aromatic nitrogens is 3. The molecule has 4 saturated heterocycles. The molecule has 1 saturated carbocycles. The van der Waals surface area contributed by atoms with Crippen molar-refractivity contribution in [2.75, 3.05) is 19.6 Å². The largest absolute Gasteiger partial charge is 0.389 e. The molecule has 0 bridgehead atoms. The van der Waals surface area contributed by atoms with E-state index in [2.05, 4.69) is 20.9 Å². The highest BCUT2D eigenvalue weighted by Gasteiger charge is 2.54. The number of hydrogen-bond acceptors (Lipinski definition) is 22. The number of nitrogens with two attached hydrogens (primary N) is 6. The fourth-order valence-electron chi connectivity index (χ4n) is 7.65. The van der Waals surface area contributed by atoms with Gasteiger partial charge in [-0.25, -0.2) is 4.68 Å². The quantitative estimate of drug-likeness (QED) is 0.0882. The van der Waals surface area contributed by atoms with Gasteiger partial charge in [-0.05, 0) is 25.8 Å². The number of aliphatic hydroxyl groups excluding tert-OH is 6. The number of carbonyl (C=O) groups excluding carboxylic acids is 1. The highest BCUT2D eigenvalue weighted by Crippen LogP contribution is 2.35. The summed E-state index contributed by atoms with van der Waals surface area (Å²) in [4.78, 5) is 12.5. The summed E-state index contributed by atoms with van der Waals surface area (Å²) in [6, 6.07) is -4.59. The molecule has 55 heavy (non-hydrogen) atoms. The minimum absolute atomic E-state index is 0.0707. The van der Waals surface area contributed by atoms with Crippen molar-refractivity contribution in [2.45, 2.75) is 155 Å². The topological polar surface area (TPSA) is 405 Å². The van der Waals surface area contributed by atoms with E-state index in [1.165, 1.54) is 4.68 Å². The predicted octanol–water partition coefficient (Wildman–Crippen LogP) is -9.23. The van der Waals surface area contributed by atoms with Crippen LogP contribution in [-0.4, -0.2) is 194 Å². The van der Waals surface area contributed by atoms with Gasteiger partial charge in [-0.1, -0.05) is 5.21 Å². The van der Waals surface area contributed by atoms with E-state index in [0.29, 0.717) is 5.69 Å². The van der Waals surface area contributed by atoms with Gasteiger partial charge in [0, 0.05) is 25.2 Å². The molecule has 24 heteroatoms. The second-order valence-corrected chi connectivity index (χ2v) is 14.9. The van der Waals surface area contributed by atoms with Crippen LogP contribution in [0.2, 0.25) is 0 Å². The molecule has 1 aromatic heterocycles. The van der Waals surface area contributed by atoms with Crippen molar-refractivity contribution in [1.29, 1.82) is 0 Å². The summed E-state index contributed by atoms with van der Waals surface area (Å²) >= 11 is 0. The molecule has 0 spiro atoms. The Bertz CT molecular complexity index is 1400. The Morgan fingerprint density at radius 1 is 0.782 bits per heavy atom. The zero-order chi connectivity index (χ0) is 39.7. The van der Waals surface area contributed by atoms with E-state index in [4.69, 9.17) is 62.8 Å². The second-order valence-electron chi connectivity index (χ2n) is 14.9. The van der Waals surface area contributed by atoms with Crippen LogP contribution in [0.5, 0.6) is 0 Å². The molecule has 4 aliphatic heterocycles. The summed E-state index contributed by atoms with van der Waals surface area (Å²) in [7, 11) is 0. The third-order valence-corrected chi connectivity index (χ3v) is 11.0. The third kappa shape index (κ3) is 9.12. The molecule has 1 amide bonds. The van der Waals surface area contributed by atoms with Crippen molar-refractivity contribution >= 4 is 5.91 Å². The van der Waals surface area contributed by atoms with Gasteiger partial charge in [0.25, 0.3) is 0 Å². The van der Waals surface area contributed by atoms with Gasteiger partial charge in [0.15, 0.2) is 18.9 Å². The highest BCUT2D eigenvalue weighted by atomic mass is 16.8. The Labute approximate surface area is 316 Å². The van der Waals surface area contributed by atoms with Crippen molar-refractivity contribution in [2.24, 2.45) is 34.4 Å². The average molecular weight is 792 g/mol. The lowest BCUT2D eigenvalue weighted by atomic mass is 9.84. The fraction of sp³-hybridized carbons (Fsp3) is 0.903. The summed E-state index contributed by atoms with van der Waals surface area (Å²) in [5.41, 5.74) is 36.9. The van der Waals surface area contributed by atoms with E-state index >= 15 is 0 Å². The third-order valence-electron chi connectivity index (χ3n) is 11.0. The summed E-state index contributed by atoms with van der Waals surface area (Å²) in [6.45, 7) is 0.407. The number of aliphatic hydroxyl groups is 6. The lowest BCUT2D eigenvalue weighted by Crippen LogP contribution is -2.68. The monoisotopic (exact) mass is 791 g/mol. The van der Waals surface area contributed by atoms with E-state index in [9.17, 15) is 35.4 Å². The molecule has 0 radical (unpaired) electrons. The van der Waals surface area contributed by atoms with Crippen molar-refractivity contribution in [3.05, 3.63) is 11.9 Å². The van der Waals surface area contributed by atoms with Gasteiger partial charge >= 0.3 is 0 Å². The lowest BCUT2D eigenvalue weighted by molar-refractivity contribution is -0.306. The summed E-state index contributed by atoms with van der Waals surface area (Å²) in [5.74, 6) is -0.161. The molecular formula is C31H57N11O13. The number of ether oxygens (including phenoxy) is 6. The Balaban J connectivity index is 1.20. The molecule has 6 rings (SSSR count). The van der Waals surface area contributed by atoms with E-state index in [-0.39, 0.29) is 44.5 Å². The van der Waals surface area contributed by atoms with E-state index in [0.717, 1.165) is 19.4 Å². The Morgan fingerprint density at radius 2 is 1.36 bits per heavy atom. The summed E-state index contributed by atoms with van der Waals surface area (Å²) in [5, 5.41) is 79.2.